The van der Waals surface area contributed by atoms with E-state index >= 15 is 0 Å². The van der Waals surface area contributed by atoms with Gasteiger partial charge in [-0.1, -0.05) is 34.3 Å². The molecule has 1 N–H and O–H groups in total. The van der Waals surface area contributed by atoms with Crippen molar-refractivity contribution in [2.45, 2.75) is 53.0 Å². The molecule has 1 fully saturated rings. The second-order valence-corrected chi connectivity index (χ2v) is 5.13. The third-order valence-electron chi connectivity index (χ3n) is 3.70. The number of rotatable bonds is 4. The fraction of sp³-hybridized carbons (Fsp3) is 0.833. The van der Waals surface area contributed by atoms with Gasteiger partial charge in [0.15, 0.2) is 0 Å². The van der Waals surface area contributed by atoms with Crippen LogP contribution in [0.15, 0.2) is 12.3 Å². The minimum atomic E-state index is 0.218. The van der Waals surface area contributed by atoms with Crippen molar-refractivity contribution in [3.8, 4) is 0 Å². The van der Waals surface area contributed by atoms with Gasteiger partial charge in [-0.25, -0.2) is 0 Å². The van der Waals surface area contributed by atoms with Gasteiger partial charge >= 0.3 is 0 Å². The van der Waals surface area contributed by atoms with Gasteiger partial charge in [0.2, 0.25) is 0 Å². The first-order chi connectivity index (χ1) is 5.94. The van der Waals surface area contributed by atoms with Crippen molar-refractivity contribution in [2.75, 3.05) is 0 Å². The molecule has 0 spiro atoms. The van der Waals surface area contributed by atoms with Crippen LogP contribution in [-0.2, 0) is 0 Å². The van der Waals surface area contributed by atoms with Gasteiger partial charge in [0.05, 0.1) is 0 Å². The molecule has 1 heteroatoms. The molecule has 1 saturated carbocycles. The van der Waals surface area contributed by atoms with Crippen LogP contribution in [0.25, 0.3) is 0 Å². The third-order valence-corrected chi connectivity index (χ3v) is 3.70. The molecule has 0 aromatic carbocycles. The second-order valence-electron chi connectivity index (χ2n) is 5.13. The van der Waals surface area contributed by atoms with Gasteiger partial charge in [-0.05, 0) is 25.2 Å². The van der Waals surface area contributed by atoms with E-state index in [0.717, 1.165) is 0 Å². The molecule has 1 rings (SSSR count). The van der Waals surface area contributed by atoms with E-state index in [4.69, 9.17) is 0 Å². The van der Waals surface area contributed by atoms with Crippen LogP contribution in [-0.4, -0.2) is 6.04 Å². The van der Waals surface area contributed by atoms with Crippen LogP contribution in [0.4, 0.5) is 0 Å². The molecule has 0 radical (unpaired) electrons. The van der Waals surface area contributed by atoms with Gasteiger partial charge in [-0.15, -0.1) is 0 Å². The maximum atomic E-state index is 4.16. The lowest BCUT2D eigenvalue weighted by molar-refractivity contribution is 0.261. The summed E-state index contributed by atoms with van der Waals surface area (Å²) in [5.74, 6) is 0.646. The number of allylic oxidation sites excluding steroid dienone is 1. The average molecular weight is 181 g/mol. The lowest BCUT2D eigenvalue weighted by Gasteiger charge is -2.37. The molecule has 0 aromatic heterocycles. The topological polar surface area (TPSA) is 12.0 Å². The van der Waals surface area contributed by atoms with Crippen LogP contribution in [0.3, 0.4) is 0 Å². The standard InChI is InChI=1S/C12H23N/c1-9(2)12(4,5)10(3)13-11-7-6-8-11/h9,11,13H,3,6-8H2,1-2,4-5H3. The first kappa shape index (κ1) is 10.6. The Kier molecular flexibility index (Phi) is 3.05. The lowest BCUT2D eigenvalue weighted by Crippen LogP contribution is -2.40. The van der Waals surface area contributed by atoms with E-state index in [2.05, 4.69) is 39.6 Å². The zero-order valence-electron chi connectivity index (χ0n) is 9.48. The zero-order valence-corrected chi connectivity index (χ0v) is 9.48. The van der Waals surface area contributed by atoms with Gasteiger partial charge in [-0.2, -0.15) is 0 Å². The maximum Gasteiger partial charge on any atom is 0.0258 e. The van der Waals surface area contributed by atoms with E-state index in [1.807, 2.05) is 0 Å². The monoisotopic (exact) mass is 181 g/mol. The van der Waals surface area contributed by atoms with Crippen LogP contribution >= 0.6 is 0 Å². The van der Waals surface area contributed by atoms with Crippen molar-refractivity contribution < 1.29 is 0 Å². The molecule has 0 aliphatic heterocycles. The summed E-state index contributed by atoms with van der Waals surface area (Å²) in [6, 6.07) is 0.713. The Labute approximate surface area is 82.6 Å². The molecule has 0 heterocycles. The zero-order chi connectivity index (χ0) is 10.1. The first-order valence-corrected chi connectivity index (χ1v) is 5.40. The van der Waals surface area contributed by atoms with E-state index in [1.54, 1.807) is 0 Å². The molecule has 76 valence electrons. The summed E-state index contributed by atoms with van der Waals surface area (Å²) in [5, 5.41) is 3.54. The van der Waals surface area contributed by atoms with Crippen LogP contribution in [0.1, 0.15) is 47.0 Å². The van der Waals surface area contributed by atoms with E-state index in [9.17, 15) is 0 Å². The quantitative estimate of drug-likeness (QED) is 0.701. The largest absolute Gasteiger partial charge is 0.386 e. The fourth-order valence-electron chi connectivity index (χ4n) is 1.33. The summed E-state index contributed by atoms with van der Waals surface area (Å²) >= 11 is 0. The average Bonchev–Trinajstić information content (AvgIpc) is 1.95. The molecule has 0 saturated heterocycles. The van der Waals surface area contributed by atoms with E-state index in [-0.39, 0.29) is 5.41 Å². The van der Waals surface area contributed by atoms with Gasteiger partial charge < -0.3 is 5.32 Å². The highest BCUT2D eigenvalue weighted by Gasteiger charge is 2.28. The number of hydrogen-bond acceptors (Lipinski definition) is 1. The highest BCUT2D eigenvalue weighted by Crippen LogP contribution is 2.33. The normalized spacial score (nSPS) is 18.5. The first-order valence-electron chi connectivity index (χ1n) is 5.40. The molecule has 0 bridgehead atoms. The predicted molar refractivity (Wildman–Crippen MR) is 58.5 cm³/mol. The van der Waals surface area contributed by atoms with Gasteiger partial charge in [0.25, 0.3) is 0 Å². The number of nitrogens with one attached hydrogen (secondary N) is 1. The summed E-state index contributed by atoms with van der Waals surface area (Å²) < 4.78 is 0. The van der Waals surface area contributed by atoms with Crippen LogP contribution in [0, 0.1) is 11.3 Å². The van der Waals surface area contributed by atoms with Gasteiger partial charge in [0.1, 0.15) is 0 Å². The van der Waals surface area contributed by atoms with Crippen LogP contribution in [0.5, 0.6) is 0 Å². The van der Waals surface area contributed by atoms with Crippen molar-refractivity contribution in [2.24, 2.45) is 11.3 Å². The van der Waals surface area contributed by atoms with E-state index in [1.165, 1.54) is 25.0 Å². The van der Waals surface area contributed by atoms with Crippen molar-refractivity contribution in [1.29, 1.82) is 0 Å². The Bertz CT molecular complexity index is 187. The minimum Gasteiger partial charge on any atom is -0.386 e. The molecule has 1 nitrogen and oxygen atoms in total. The molecule has 0 amide bonds. The predicted octanol–water partition coefficient (Wildman–Crippen LogP) is 3.32. The van der Waals surface area contributed by atoms with E-state index in [0.29, 0.717) is 12.0 Å². The molecular formula is C12H23N. The molecule has 1 aliphatic rings. The summed E-state index contributed by atoms with van der Waals surface area (Å²) in [4.78, 5) is 0. The lowest BCUT2D eigenvalue weighted by atomic mass is 9.77. The molecule has 1 aliphatic carbocycles. The third kappa shape index (κ3) is 2.26. The van der Waals surface area contributed by atoms with Crippen molar-refractivity contribution in [3.63, 3.8) is 0 Å². The highest BCUT2D eigenvalue weighted by molar-refractivity contribution is 5.08. The Hall–Kier alpha value is -0.460. The molecule has 13 heavy (non-hydrogen) atoms. The maximum absolute atomic E-state index is 4.16. The Morgan fingerprint density at radius 2 is 1.92 bits per heavy atom. The molecule has 0 unspecified atom stereocenters. The highest BCUT2D eigenvalue weighted by atomic mass is 15.0. The Morgan fingerprint density at radius 1 is 1.38 bits per heavy atom. The van der Waals surface area contributed by atoms with Crippen molar-refractivity contribution >= 4 is 0 Å². The van der Waals surface area contributed by atoms with Gasteiger partial charge in [0, 0.05) is 17.2 Å². The second kappa shape index (κ2) is 3.73. The molecular weight excluding hydrogens is 158 g/mol. The summed E-state index contributed by atoms with van der Waals surface area (Å²) in [5.41, 5.74) is 1.43. The van der Waals surface area contributed by atoms with Crippen molar-refractivity contribution in [3.05, 3.63) is 12.3 Å². The van der Waals surface area contributed by atoms with Gasteiger partial charge in [-0.3, -0.25) is 0 Å². The van der Waals surface area contributed by atoms with E-state index < -0.39 is 0 Å². The van der Waals surface area contributed by atoms with Crippen LogP contribution in [0.2, 0.25) is 0 Å². The fourth-order valence-corrected chi connectivity index (χ4v) is 1.33. The summed E-state index contributed by atoms with van der Waals surface area (Å²) in [7, 11) is 0. The molecule has 0 atom stereocenters. The smallest absolute Gasteiger partial charge is 0.0258 e. The number of hydrogen-bond donors (Lipinski definition) is 1. The minimum absolute atomic E-state index is 0.218. The molecule has 0 aromatic rings. The Balaban J connectivity index is 2.45. The summed E-state index contributed by atoms with van der Waals surface area (Å²) in [6.07, 6.45) is 4.04. The SMILES string of the molecule is C=C(NC1CCC1)C(C)(C)C(C)C. The van der Waals surface area contributed by atoms with Crippen molar-refractivity contribution in [1.82, 2.24) is 5.32 Å². The Morgan fingerprint density at radius 3 is 2.23 bits per heavy atom. The van der Waals surface area contributed by atoms with Crippen LogP contribution < -0.4 is 5.32 Å². The summed E-state index contributed by atoms with van der Waals surface area (Å²) in [6.45, 7) is 13.2.